The first-order valence-electron chi connectivity index (χ1n) is 7.44. The topological polar surface area (TPSA) is 62.6 Å². The van der Waals surface area contributed by atoms with Crippen LogP contribution in [-0.2, 0) is 21.6 Å². The maximum atomic E-state index is 12.2. The van der Waals surface area contributed by atoms with Gasteiger partial charge in [0.2, 0.25) is 0 Å². The zero-order valence-corrected chi connectivity index (χ0v) is 13.8. The van der Waals surface area contributed by atoms with E-state index in [4.69, 9.17) is 14.2 Å². The molecule has 23 heavy (non-hydrogen) atoms. The van der Waals surface area contributed by atoms with Gasteiger partial charge >= 0.3 is 5.97 Å². The fraction of sp³-hybridized carbons (Fsp3) is 0.412. The molecule has 0 fully saturated rings. The highest BCUT2D eigenvalue weighted by Gasteiger charge is 2.37. The second kappa shape index (κ2) is 5.70. The SMILES string of the molecule is COCCn1c(C(=O)OC)cc2c1-c1ccncc1OC2(C)C. The van der Waals surface area contributed by atoms with E-state index < -0.39 is 5.60 Å². The molecule has 122 valence electrons. The molecule has 0 unspecified atom stereocenters. The van der Waals surface area contributed by atoms with E-state index in [0.29, 0.717) is 24.6 Å². The lowest BCUT2D eigenvalue weighted by molar-refractivity contribution is 0.0586. The highest BCUT2D eigenvalue weighted by atomic mass is 16.5. The number of nitrogens with zero attached hydrogens (tertiary/aromatic N) is 2. The van der Waals surface area contributed by atoms with Gasteiger partial charge in [-0.05, 0) is 26.0 Å². The van der Waals surface area contributed by atoms with Gasteiger partial charge in [0.25, 0.3) is 0 Å². The smallest absolute Gasteiger partial charge is 0.354 e. The predicted octanol–water partition coefficient (Wildman–Crippen LogP) is 2.61. The fourth-order valence-electron chi connectivity index (χ4n) is 2.97. The Bertz CT molecular complexity index is 749. The molecule has 6 heteroatoms. The number of carbonyl (C=O) groups excluding carboxylic acids is 1. The van der Waals surface area contributed by atoms with Crippen LogP contribution in [0.3, 0.4) is 0 Å². The molecule has 0 aliphatic carbocycles. The van der Waals surface area contributed by atoms with Crippen molar-refractivity contribution in [3.05, 3.63) is 35.8 Å². The van der Waals surface area contributed by atoms with E-state index in [1.807, 2.05) is 30.5 Å². The molecular formula is C17H20N2O4. The molecule has 3 rings (SSSR count). The van der Waals surface area contributed by atoms with Gasteiger partial charge in [-0.25, -0.2) is 4.79 Å². The molecule has 2 aromatic rings. The molecular weight excluding hydrogens is 296 g/mol. The van der Waals surface area contributed by atoms with Gasteiger partial charge in [0, 0.05) is 31.0 Å². The van der Waals surface area contributed by atoms with Crippen molar-refractivity contribution in [2.24, 2.45) is 0 Å². The van der Waals surface area contributed by atoms with E-state index in [1.165, 1.54) is 7.11 Å². The van der Waals surface area contributed by atoms with Crippen LogP contribution in [0.2, 0.25) is 0 Å². The summed E-state index contributed by atoms with van der Waals surface area (Å²) in [6.07, 6.45) is 3.42. The molecule has 3 heterocycles. The largest absolute Gasteiger partial charge is 0.481 e. The summed E-state index contributed by atoms with van der Waals surface area (Å²) >= 11 is 0. The normalized spacial score (nSPS) is 14.6. The lowest BCUT2D eigenvalue weighted by Gasteiger charge is -2.33. The molecule has 0 bridgehead atoms. The van der Waals surface area contributed by atoms with Gasteiger partial charge in [-0.3, -0.25) is 4.98 Å². The fourth-order valence-corrected chi connectivity index (χ4v) is 2.97. The Balaban J connectivity index is 2.27. The Kier molecular flexibility index (Phi) is 3.85. The van der Waals surface area contributed by atoms with E-state index in [2.05, 4.69) is 4.98 Å². The van der Waals surface area contributed by atoms with Crippen LogP contribution in [0.5, 0.6) is 5.75 Å². The zero-order chi connectivity index (χ0) is 16.6. The predicted molar refractivity (Wildman–Crippen MR) is 84.5 cm³/mol. The lowest BCUT2D eigenvalue weighted by Crippen LogP contribution is -2.29. The van der Waals surface area contributed by atoms with Crippen molar-refractivity contribution < 1.29 is 19.0 Å². The molecule has 0 aromatic carbocycles. The first-order valence-corrected chi connectivity index (χ1v) is 7.44. The molecule has 0 amide bonds. The van der Waals surface area contributed by atoms with Gasteiger partial charge < -0.3 is 18.8 Å². The Hall–Kier alpha value is -2.34. The number of aromatic nitrogens is 2. The number of rotatable bonds is 4. The zero-order valence-electron chi connectivity index (χ0n) is 13.8. The monoisotopic (exact) mass is 316 g/mol. The summed E-state index contributed by atoms with van der Waals surface area (Å²) in [5.74, 6) is 0.333. The van der Waals surface area contributed by atoms with Gasteiger partial charge in [0.1, 0.15) is 17.0 Å². The van der Waals surface area contributed by atoms with Gasteiger partial charge in [-0.2, -0.15) is 0 Å². The molecule has 0 atom stereocenters. The third kappa shape index (κ3) is 2.49. The van der Waals surface area contributed by atoms with Crippen LogP contribution in [0.15, 0.2) is 24.5 Å². The number of pyridine rings is 1. The standard InChI is InChI=1S/C17H20N2O4/c1-17(2)12-9-13(16(20)22-4)19(7-8-21-3)15(12)11-5-6-18-10-14(11)23-17/h5-6,9-10H,7-8H2,1-4H3. The minimum absolute atomic E-state index is 0.373. The average Bonchev–Trinajstić information content (AvgIpc) is 2.92. The molecule has 1 aliphatic rings. The maximum absolute atomic E-state index is 12.2. The van der Waals surface area contributed by atoms with Crippen molar-refractivity contribution in [3.63, 3.8) is 0 Å². The van der Waals surface area contributed by atoms with Crippen molar-refractivity contribution in [2.45, 2.75) is 26.0 Å². The minimum atomic E-state index is -0.563. The minimum Gasteiger partial charge on any atom is -0.481 e. The Morgan fingerprint density at radius 1 is 1.39 bits per heavy atom. The van der Waals surface area contributed by atoms with Gasteiger partial charge in [-0.1, -0.05) is 0 Å². The van der Waals surface area contributed by atoms with E-state index in [-0.39, 0.29) is 5.97 Å². The molecule has 0 saturated carbocycles. The van der Waals surface area contributed by atoms with Gasteiger partial charge in [0.15, 0.2) is 0 Å². The highest BCUT2D eigenvalue weighted by Crippen LogP contribution is 2.46. The highest BCUT2D eigenvalue weighted by molar-refractivity contribution is 5.91. The summed E-state index contributed by atoms with van der Waals surface area (Å²) in [5.41, 5.74) is 2.76. The van der Waals surface area contributed by atoms with Crippen molar-refractivity contribution in [2.75, 3.05) is 20.8 Å². The number of hydrogen-bond acceptors (Lipinski definition) is 5. The van der Waals surface area contributed by atoms with Crippen LogP contribution in [-0.4, -0.2) is 36.3 Å². The molecule has 0 N–H and O–H groups in total. The van der Waals surface area contributed by atoms with Crippen LogP contribution < -0.4 is 4.74 Å². The number of hydrogen-bond donors (Lipinski definition) is 0. The van der Waals surface area contributed by atoms with Gasteiger partial charge in [0.05, 0.1) is 25.6 Å². The summed E-state index contributed by atoms with van der Waals surface area (Å²) in [7, 11) is 3.02. The first-order chi connectivity index (χ1) is 11.0. The second-order valence-corrected chi connectivity index (χ2v) is 5.91. The Morgan fingerprint density at radius 2 is 2.17 bits per heavy atom. The van der Waals surface area contributed by atoms with Crippen LogP contribution in [0.25, 0.3) is 11.3 Å². The van der Waals surface area contributed by atoms with Crippen LogP contribution in [0.4, 0.5) is 0 Å². The van der Waals surface area contributed by atoms with Crippen LogP contribution >= 0.6 is 0 Å². The summed E-state index contributed by atoms with van der Waals surface area (Å²) in [4.78, 5) is 16.3. The molecule has 0 spiro atoms. The van der Waals surface area contributed by atoms with E-state index in [1.54, 1.807) is 19.5 Å². The van der Waals surface area contributed by atoms with Crippen LogP contribution in [0.1, 0.15) is 29.9 Å². The lowest BCUT2D eigenvalue weighted by atomic mass is 9.92. The van der Waals surface area contributed by atoms with Crippen molar-refractivity contribution in [1.29, 1.82) is 0 Å². The molecule has 1 aliphatic heterocycles. The number of methoxy groups -OCH3 is 2. The molecule has 0 radical (unpaired) electrons. The van der Waals surface area contributed by atoms with Crippen molar-refractivity contribution in [1.82, 2.24) is 9.55 Å². The van der Waals surface area contributed by atoms with E-state index in [9.17, 15) is 4.79 Å². The number of carbonyl (C=O) groups is 1. The van der Waals surface area contributed by atoms with Gasteiger partial charge in [-0.15, -0.1) is 0 Å². The van der Waals surface area contributed by atoms with E-state index in [0.717, 1.165) is 16.8 Å². The van der Waals surface area contributed by atoms with Crippen molar-refractivity contribution in [3.8, 4) is 17.0 Å². The molecule has 0 saturated heterocycles. The average molecular weight is 316 g/mol. The summed E-state index contributed by atoms with van der Waals surface area (Å²) in [6.45, 7) is 4.99. The molecule has 6 nitrogen and oxygen atoms in total. The van der Waals surface area contributed by atoms with Crippen molar-refractivity contribution >= 4 is 5.97 Å². The second-order valence-electron chi connectivity index (χ2n) is 5.91. The van der Waals surface area contributed by atoms with Crippen LogP contribution in [0, 0.1) is 0 Å². The summed E-state index contributed by atoms with van der Waals surface area (Å²) in [5, 5.41) is 0. The third-order valence-electron chi connectivity index (χ3n) is 4.06. The summed E-state index contributed by atoms with van der Waals surface area (Å²) in [6, 6.07) is 3.74. The maximum Gasteiger partial charge on any atom is 0.354 e. The Labute approximate surface area is 135 Å². The molecule has 2 aromatic heterocycles. The van der Waals surface area contributed by atoms with E-state index >= 15 is 0 Å². The first kappa shape index (κ1) is 15.6. The number of ether oxygens (including phenoxy) is 3. The third-order valence-corrected chi connectivity index (χ3v) is 4.06. The Morgan fingerprint density at radius 3 is 2.87 bits per heavy atom. The number of esters is 1. The quantitative estimate of drug-likeness (QED) is 0.811. The number of fused-ring (bicyclic) bond motifs is 3. The summed E-state index contributed by atoms with van der Waals surface area (Å²) < 4.78 is 18.1.